The van der Waals surface area contributed by atoms with E-state index in [1.54, 1.807) is 25.3 Å². The molecule has 0 saturated carbocycles. The molecule has 140 valence electrons. The molecule has 27 heavy (non-hydrogen) atoms. The Balaban J connectivity index is 1.57. The van der Waals surface area contributed by atoms with Gasteiger partial charge in [-0.3, -0.25) is 4.79 Å². The minimum atomic E-state index is -0.214. The number of aromatic nitrogens is 2. The quantitative estimate of drug-likeness (QED) is 0.691. The Kier molecular flexibility index (Phi) is 5.71. The van der Waals surface area contributed by atoms with E-state index >= 15 is 0 Å². The highest BCUT2D eigenvalue weighted by Crippen LogP contribution is 2.27. The Labute approximate surface area is 157 Å². The van der Waals surface area contributed by atoms with Crippen LogP contribution in [0, 0.1) is 6.92 Å². The van der Waals surface area contributed by atoms with E-state index < -0.39 is 0 Å². The van der Waals surface area contributed by atoms with E-state index in [0.29, 0.717) is 41.8 Å². The predicted octanol–water partition coefficient (Wildman–Crippen LogP) is 3.03. The number of ether oxygens (including phenoxy) is 2. The fraction of sp³-hybridized carbons (Fsp3) is 0.250. The number of methoxy groups -OCH3 is 2. The molecule has 0 radical (unpaired) electrons. The molecular weight excluding hydrogens is 346 g/mol. The molecule has 2 aromatic carbocycles. The molecule has 0 aliphatic rings. The Bertz CT molecular complexity index is 919. The van der Waals surface area contributed by atoms with Crippen molar-refractivity contribution in [3.8, 4) is 23.0 Å². The predicted molar refractivity (Wildman–Crippen MR) is 100 cm³/mol. The first-order valence-corrected chi connectivity index (χ1v) is 8.50. The van der Waals surface area contributed by atoms with E-state index in [1.165, 1.54) is 7.11 Å². The zero-order valence-electron chi connectivity index (χ0n) is 15.5. The smallest absolute Gasteiger partial charge is 0.251 e. The van der Waals surface area contributed by atoms with Crippen molar-refractivity contribution in [2.75, 3.05) is 20.8 Å². The van der Waals surface area contributed by atoms with E-state index in [-0.39, 0.29) is 5.91 Å². The van der Waals surface area contributed by atoms with Crippen LogP contribution in [0.1, 0.15) is 21.8 Å². The summed E-state index contributed by atoms with van der Waals surface area (Å²) in [4.78, 5) is 12.3. The summed E-state index contributed by atoms with van der Waals surface area (Å²) in [7, 11) is 3.08. The fourth-order valence-corrected chi connectivity index (χ4v) is 2.53. The molecule has 0 aliphatic heterocycles. The second-order valence-corrected chi connectivity index (χ2v) is 5.94. The van der Waals surface area contributed by atoms with Gasteiger partial charge in [0.1, 0.15) is 0 Å². The number of benzene rings is 2. The van der Waals surface area contributed by atoms with Crippen LogP contribution >= 0.6 is 0 Å². The number of amides is 1. The van der Waals surface area contributed by atoms with Crippen LogP contribution in [0.3, 0.4) is 0 Å². The second kappa shape index (κ2) is 8.35. The first-order valence-electron chi connectivity index (χ1n) is 8.50. The highest BCUT2D eigenvalue weighted by molar-refractivity contribution is 5.94. The van der Waals surface area contributed by atoms with Crippen molar-refractivity contribution < 1.29 is 18.7 Å². The number of carbonyl (C=O) groups excluding carboxylic acids is 1. The van der Waals surface area contributed by atoms with Gasteiger partial charge >= 0.3 is 0 Å². The summed E-state index contributed by atoms with van der Waals surface area (Å²) < 4.78 is 16.0. The molecular formula is C20H21N3O4. The Hall–Kier alpha value is -3.35. The lowest BCUT2D eigenvalue weighted by Crippen LogP contribution is -2.25. The van der Waals surface area contributed by atoms with Gasteiger partial charge in [0.25, 0.3) is 5.91 Å². The number of hydrogen-bond donors (Lipinski definition) is 1. The van der Waals surface area contributed by atoms with Crippen LogP contribution < -0.4 is 14.8 Å². The Morgan fingerprint density at radius 3 is 2.48 bits per heavy atom. The van der Waals surface area contributed by atoms with Gasteiger partial charge in [0.15, 0.2) is 11.5 Å². The summed E-state index contributed by atoms with van der Waals surface area (Å²) >= 11 is 0. The highest BCUT2D eigenvalue weighted by Gasteiger charge is 2.12. The number of carbonyl (C=O) groups is 1. The summed E-state index contributed by atoms with van der Waals surface area (Å²) in [6.07, 6.45) is 0.442. The fourth-order valence-electron chi connectivity index (χ4n) is 2.53. The van der Waals surface area contributed by atoms with Gasteiger partial charge < -0.3 is 19.2 Å². The molecule has 0 bridgehead atoms. The third-order valence-corrected chi connectivity index (χ3v) is 4.04. The van der Waals surface area contributed by atoms with Crippen LogP contribution in [-0.4, -0.2) is 36.9 Å². The van der Waals surface area contributed by atoms with Crippen molar-refractivity contribution in [3.63, 3.8) is 0 Å². The Morgan fingerprint density at radius 2 is 1.78 bits per heavy atom. The summed E-state index contributed by atoms with van der Waals surface area (Å²) in [5.74, 6) is 1.80. The van der Waals surface area contributed by atoms with Crippen molar-refractivity contribution in [1.29, 1.82) is 0 Å². The van der Waals surface area contributed by atoms with Gasteiger partial charge in [-0.2, -0.15) is 0 Å². The molecule has 0 unspecified atom stereocenters. The third-order valence-electron chi connectivity index (χ3n) is 4.04. The normalized spacial score (nSPS) is 10.5. The minimum absolute atomic E-state index is 0.214. The topological polar surface area (TPSA) is 86.5 Å². The standard InChI is InChI=1S/C20H21N3O4/c1-13-4-6-14(7-5-13)20-23-22-18(27-20)10-11-21-19(24)15-8-9-16(25-2)17(12-15)26-3/h4-9,12H,10-11H2,1-3H3,(H,21,24). The maximum atomic E-state index is 12.3. The lowest BCUT2D eigenvalue weighted by molar-refractivity contribution is 0.0953. The summed E-state index contributed by atoms with van der Waals surface area (Å²) in [5, 5.41) is 10.9. The molecule has 1 heterocycles. The van der Waals surface area contributed by atoms with Crippen molar-refractivity contribution in [1.82, 2.24) is 15.5 Å². The number of hydrogen-bond acceptors (Lipinski definition) is 6. The highest BCUT2D eigenvalue weighted by atomic mass is 16.5. The molecule has 0 saturated heterocycles. The van der Waals surface area contributed by atoms with Crippen molar-refractivity contribution in [3.05, 3.63) is 59.5 Å². The van der Waals surface area contributed by atoms with E-state index in [9.17, 15) is 4.79 Å². The molecule has 0 atom stereocenters. The van der Waals surface area contributed by atoms with E-state index in [2.05, 4.69) is 15.5 Å². The van der Waals surface area contributed by atoms with Gasteiger partial charge in [-0.1, -0.05) is 17.7 Å². The largest absolute Gasteiger partial charge is 0.493 e. The van der Waals surface area contributed by atoms with Gasteiger partial charge in [0.05, 0.1) is 14.2 Å². The van der Waals surface area contributed by atoms with Crippen LogP contribution in [0.25, 0.3) is 11.5 Å². The van der Waals surface area contributed by atoms with Crippen molar-refractivity contribution in [2.24, 2.45) is 0 Å². The number of rotatable bonds is 7. The molecule has 7 nitrogen and oxygen atoms in total. The minimum Gasteiger partial charge on any atom is -0.493 e. The zero-order valence-corrected chi connectivity index (χ0v) is 15.5. The molecule has 7 heteroatoms. The van der Waals surface area contributed by atoms with Crippen LogP contribution in [0.15, 0.2) is 46.9 Å². The molecule has 1 amide bonds. The number of nitrogens with zero attached hydrogens (tertiary/aromatic N) is 2. The van der Waals surface area contributed by atoms with Crippen LogP contribution in [-0.2, 0) is 6.42 Å². The lowest BCUT2D eigenvalue weighted by Gasteiger charge is -2.09. The summed E-state index contributed by atoms with van der Waals surface area (Å²) in [6, 6.07) is 12.9. The van der Waals surface area contributed by atoms with E-state index in [0.717, 1.165) is 11.1 Å². The zero-order chi connectivity index (χ0) is 19.2. The van der Waals surface area contributed by atoms with Gasteiger partial charge in [-0.05, 0) is 37.3 Å². The third kappa shape index (κ3) is 4.44. The maximum Gasteiger partial charge on any atom is 0.251 e. The van der Waals surface area contributed by atoms with Gasteiger partial charge in [-0.25, -0.2) is 0 Å². The molecule has 0 spiro atoms. The van der Waals surface area contributed by atoms with Gasteiger partial charge in [0.2, 0.25) is 11.8 Å². The van der Waals surface area contributed by atoms with Crippen molar-refractivity contribution >= 4 is 5.91 Å². The van der Waals surface area contributed by atoms with Gasteiger partial charge in [-0.15, -0.1) is 10.2 Å². The molecule has 3 rings (SSSR count). The molecule has 3 aromatic rings. The average Bonchev–Trinajstić information content (AvgIpc) is 3.16. The van der Waals surface area contributed by atoms with E-state index in [1.807, 2.05) is 31.2 Å². The SMILES string of the molecule is COc1ccc(C(=O)NCCc2nnc(-c3ccc(C)cc3)o2)cc1OC. The molecule has 1 aromatic heterocycles. The first kappa shape index (κ1) is 18.4. The second-order valence-electron chi connectivity index (χ2n) is 5.94. The maximum absolute atomic E-state index is 12.3. The van der Waals surface area contributed by atoms with E-state index in [4.69, 9.17) is 13.9 Å². The molecule has 0 fully saturated rings. The summed E-state index contributed by atoms with van der Waals surface area (Å²) in [5.41, 5.74) is 2.52. The van der Waals surface area contributed by atoms with Crippen LogP contribution in [0.2, 0.25) is 0 Å². The average molecular weight is 367 g/mol. The monoisotopic (exact) mass is 367 g/mol. The first-order chi connectivity index (χ1) is 13.1. The number of aryl methyl sites for hydroxylation is 1. The molecule has 0 aliphatic carbocycles. The molecule has 1 N–H and O–H groups in total. The Morgan fingerprint density at radius 1 is 1.04 bits per heavy atom. The van der Waals surface area contributed by atoms with Crippen LogP contribution in [0.5, 0.6) is 11.5 Å². The van der Waals surface area contributed by atoms with Gasteiger partial charge in [0, 0.05) is 24.1 Å². The number of nitrogens with one attached hydrogen (secondary N) is 1. The summed E-state index contributed by atoms with van der Waals surface area (Å²) in [6.45, 7) is 2.40. The van der Waals surface area contributed by atoms with Crippen molar-refractivity contribution in [2.45, 2.75) is 13.3 Å². The van der Waals surface area contributed by atoms with Crippen LogP contribution in [0.4, 0.5) is 0 Å². The lowest BCUT2D eigenvalue weighted by atomic mass is 10.1.